The van der Waals surface area contributed by atoms with Crippen LogP contribution in [0.1, 0.15) is 17.8 Å². The second kappa shape index (κ2) is 8.14. The fourth-order valence-corrected chi connectivity index (χ4v) is 1.32. The van der Waals surface area contributed by atoms with Crippen LogP contribution in [-0.4, -0.2) is 63.8 Å². The number of carboxylic acids is 1. The van der Waals surface area contributed by atoms with Gasteiger partial charge in [0.1, 0.15) is 6.04 Å². The number of hydrogen-bond donors (Lipinski definition) is 6. The summed E-state index contributed by atoms with van der Waals surface area (Å²) in [5, 5.41) is 40.9. The van der Waals surface area contributed by atoms with Crippen LogP contribution < -0.4 is 16.0 Å². The number of aliphatic hydroxyl groups is 2. The first kappa shape index (κ1) is 16.8. The second-order valence-electron chi connectivity index (χ2n) is 3.96. The van der Waals surface area contributed by atoms with Gasteiger partial charge in [0.05, 0.1) is 19.8 Å². The Morgan fingerprint density at radius 1 is 1.29 bits per heavy atom. The molecule has 0 bridgehead atoms. The van der Waals surface area contributed by atoms with Gasteiger partial charge in [0.15, 0.2) is 6.04 Å². The lowest BCUT2D eigenvalue weighted by molar-refractivity contribution is -0.140. The molecule has 0 saturated heterocycles. The molecule has 0 fully saturated rings. The van der Waals surface area contributed by atoms with Crippen LogP contribution in [0.3, 0.4) is 0 Å². The molecular formula is C10H17N5O6. The number of urea groups is 1. The molecule has 0 aliphatic carbocycles. The number of carboxylic acid groups (broad SMARTS) is 1. The van der Waals surface area contributed by atoms with Crippen LogP contribution in [0.15, 0.2) is 4.42 Å². The van der Waals surface area contributed by atoms with E-state index in [1.54, 1.807) is 7.05 Å². The van der Waals surface area contributed by atoms with Gasteiger partial charge in [-0.25, -0.2) is 9.59 Å². The van der Waals surface area contributed by atoms with Crippen LogP contribution in [0.2, 0.25) is 0 Å². The third kappa shape index (κ3) is 4.98. The molecule has 0 saturated carbocycles. The summed E-state index contributed by atoms with van der Waals surface area (Å²) in [5.74, 6) is -1.10. The molecule has 11 heteroatoms. The fourth-order valence-electron chi connectivity index (χ4n) is 1.32. The predicted octanol–water partition coefficient (Wildman–Crippen LogP) is -2.43. The number of amides is 2. The Morgan fingerprint density at radius 3 is 2.52 bits per heavy atom. The second-order valence-corrected chi connectivity index (χ2v) is 3.96. The number of likely N-dealkylation sites (N-methyl/N-ethyl adjacent to an activating group) is 1. The molecule has 0 aromatic carbocycles. The Morgan fingerprint density at radius 2 is 2.00 bits per heavy atom. The van der Waals surface area contributed by atoms with Gasteiger partial charge in [-0.2, -0.15) is 0 Å². The first-order valence-electron chi connectivity index (χ1n) is 6.00. The zero-order valence-electron chi connectivity index (χ0n) is 11.2. The summed E-state index contributed by atoms with van der Waals surface area (Å²) in [7, 11) is 1.61. The lowest BCUT2D eigenvalue weighted by Gasteiger charge is -2.11. The first-order valence-corrected chi connectivity index (χ1v) is 6.00. The first-order chi connectivity index (χ1) is 10.0. The molecule has 0 unspecified atom stereocenters. The van der Waals surface area contributed by atoms with Crippen molar-refractivity contribution < 1.29 is 29.3 Å². The average Bonchev–Trinajstić information content (AvgIpc) is 2.92. The summed E-state index contributed by atoms with van der Waals surface area (Å²) in [4.78, 5) is 22.0. The van der Waals surface area contributed by atoms with Crippen LogP contribution in [0.5, 0.6) is 0 Å². The minimum atomic E-state index is -1.40. The van der Waals surface area contributed by atoms with E-state index in [9.17, 15) is 9.59 Å². The number of rotatable bonds is 8. The molecule has 11 nitrogen and oxygen atoms in total. The number of nitrogens with one attached hydrogen (secondary N) is 3. The molecule has 6 N–H and O–H groups in total. The standard InChI is InChI=1S/C10H17N5O6/c1-11-5(3-16)8-15-14-7(21-8)2-12-10(20)13-6(4-17)9(18)19/h5-6,11,16-17H,2-4H2,1H3,(H,18,19)(H2,12,13,20)/t5-,6-/m0/s1. The van der Waals surface area contributed by atoms with Crippen LogP contribution in [0.4, 0.5) is 4.79 Å². The van der Waals surface area contributed by atoms with E-state index in [1.807, 2.05) is 5.32 Å². The topological polar surface area (TPSA) is 170 Å². The summed E-state index contributed by atoms with van der Waals surface area (Å²) in [5.41, 5.74) is 0. The van der Waals surface area contributed by atoms with Crippen molar-refractivity contribution in [3.63, 3.8) is 0 Å². The van der Waals surface area contributed by atoms with Crippen molar-refractivity contribution in [2.45, 2.75) is 18.6 Å². The van der Waals surface area contributed by atoms with E-state index in [1.165, 1.54) is 0 Å². The van der Waals surface area contributed by atoms with Crippen molar-refractivity contribution in [1.82, 2.24) is 26.1 Å². The van der Waals surface area contributed by atoms with E-state index in [-0.39, 0.29) is 24.9 Å². The molecule has 0 aliphatic heterocycles. The molecule has 0 spiro atoms. The highest BCUT2D eigenvalue weighted by atomic mass is 16.4. The van der Waals surface area contributed by atoms with E-state index in [0.29, 0.717) is 0 Å². The van der Waals surface area contributed by atoms with Gasteiger partial charge < -0.3 is 35.7 Å². The predicted molar refractivity (Wildman–Crippen MR) is 67.1 cm³/mol. The van der Waals surface area contributed by atoms with Crippen LogP contribution in [0.25, 0.3) is 0 Å². The van der Waals surface area contributed by atoms with Gasteiger partial charge in [-0.3, -0.25) is 0 Å². The van der Waals surface area contributed by atoms with E-state index in [4.69, 9.17) is 19.7 Å². The summed E-state index contributed by atoms with van der Waals surface area (Å²) in [6.07, 6.45) is 0. The Bertz CT molecular complexity index is 474. The third-order valence-corrected chi connectivity index (χ3v) is 2.50. The van der Waals surface area contributed by atoms with Gasteiger partial charge in [-0.15, -0.1) is 10.2 Å². The molecule has 1 heterocycles. The number of carbonyl (C=O) groups excluding carboxylic acids is 1. The van der Waals surface area contributed by atoms with Crippen LogP contribution in [0, 0.1) is 0 Å². The van der Waals surface area contributed by atoms with Crippen molar-refractivity contribution in [1.29, 1.82) is 0 Å². The molecular weight excluding hydrogens is 286 g/mol. The van der Waals surface area contributed by atoms with Gasteiger partial charge in [0.25, 0.3) is 0 Å². The summed E-state index contributed by atoms with van der Waals surface area (Å²) < 4.78 is 5.20. The molecule has 0 aliphatic rings. The number of carbonyl (C=O) groups is 2. The van der Waals surface area contributed by atoms with Gasteiger partial charge >= 0.3 is 12.0 Å². The molecule has 1 aromatic rings. The van der Waals surface area contributed by atoms with Crippen molar-refractivity contribution in [3.8, 4) is 0 Å². The van der Waals surface area contributed by atoms with Crippen LogP contribution >= 0.6 is 0 Å². The number of aromatic nitrogens is 2. The number of aliphatic carboxylic acids is 1. The Hall–Kier alpha value is -2.24. The fraction of sp³-hybridized carbons (Fsp3) is 0.600. The zero-order chi connectivity index (χ0) is 15.8. The summed E-state index contributed by atoms with van der Waals surface area (Å²) in [6, 6.07) is -2.71. The van der Waals surface area contributed by atoms with Gasteiger partial charge in [-0.1, -0.05) is 0 Å². The molecule has 0 radical (unpaired) electrons. The molecule has 1 rings (SSSR count). The lowest BCUT2D eigenvalue weighted by atomic mass is 10.3. The van der Waals surface area contributed by atoms with E-state index >= 15 is 0 Å². The van der Waals surface area contributed by atoms with Crippen molar-refractivity contribution in [2.24, 2.45) is 0 Å². The number of aliphatic hydroxyl groups excluding tert-OH is 2. The lowest BCUT2D eigenvalue weighted by Crippen LogP contribution is -2.47. The van der Waals surface area contributed by atoms with E-state index < -0.39 is 30.7 Å². The molecule has 2 amide bonds. The minimum absolute atomic E-state index is 0.0877. The van der Waals surface area contributed by atoms with E-state index in [2.05, 4.69) is 20.8 Å². The SMILES string of the molecule is CN[C@@H](CO)c1nnc(CNC(=O)N[C@@H](CO)C(=O)O)o1. The maximum Gasteiger partial charge on any atom is 0.328 e. The average molecular weight is 303 g/mol. The van der Waals surface area contributed by atoms with Crippen molar-refractivity contribution >= 4 is 12.0 Å². The normalized spacial score (nSPS) is 13.5. The van der Waals surface area contributed by atoms with Gasteiger partial charge in [-0.05, 0) is 7.05 Å². The number of hydrogen-bond acceptors (Lipinski definition) is 8. The molecule has 21 heavy (non-hydrogen) atoms. The van der Waals surface area contributed by atoms with Crippen LogP contribution in [-0.2, 0) is 11.3 Å². The van der Waals surface area contributed by atoms with E-state index in [0.717, 1.165) is 0 Å². The summed E-state index contributed by atoms with van der Waals surface area (Å²) in [6.45, 7) is -1.09. The Balaban J connectivity index is 2.48. The minimum Gasteiger partial charge on any atom is -0.480 e. The third-order valence-electron chi connectivity index (χ3n) is 2.50. The Labute approximate surface area is 119 Å². The van der Waals surface area contributed by atoms with Crippen molar-refractivity contribution in [3.05, 3.63) is 11.8 Å². The zero-order valence-corrected chi connectivity index (χ0v) is 11.2. The maximum absolute atomic E-state index is 11.4. The molecule has 118 valence electrons. The Kier molecular flexibility index (Phi) is 6.52. The highest BCUT2D eigenvalue weighted by molar-refractivity contribution is 5.82. The largest absolute Gasteiger partial charge is 0.480 e. The van der Waals surface area contributed by atoms with Gasteiger partial charge in [0.2, 0.25) is 11.8 Å². The molecule has 1 aromatic heterocycles. The smallest absolute Gasteiger partial charge is 0.328 e. The molecule has 2 atom stereocenters. The highest BCUT2D eigenvalue weighted by Crippen LogP contribution is 2.09. The highest BCUT2D eigenvalue weighted by Gasteiger charge is 2.19. The summed E-state index contributed by atoms with van der Waals surface area (Å²) >= 11 is 0. The number of nitrogens with zero attached hydrogens (tertiary/aromatic N) is 2. The quantitative estimate of drug-likeness (QED) is 0.305. The monoisotopic (exact) mass is 303 g/mol. The van der Waals surface area contributed by atoms with Gasteiger partial charge in [0, 0.05) is 0 Å². The van der Waals surface area contributed by atoms with Crippen molar-refractivity contribution in [2.75, 3.05) is 20.3 Å². The maximum atomic E-state index is 11.4.